The molecule has 0 atom stereocenters. The topological polar surface area (TPSA) is 136 Å². The second-order valence-corrected chi connectivity index (χ2v) is 5.12. The molecule has 2 aromatic rings. The molecule has 0 aliphatic carbocycles. The van der Waals surface area contributed by atoms with Crippen LogP contribution in [0.2, 0.25) is 0 Å². The smallest absolute Gasteiger partial charge is 0.371 e. The van der Waals surface area contributed by atoms with Gasteiger partial charge in [0, 0.05) is 13.0 Å². The van der Waals surface area contributed by atoms with E-state index in [1.165, 1.54) is 0 Å². The van der Waals surface area contributed by atoms with E-state index >= 15 is 0 Å². The number of nitrogens with one attached hydrogen (secondary N) is 1. The van der Waals surface area contributed by atoms with Gasteiger partial charge in [-0.25, -0.2) is 17.9 Å². The van der Waals surface area contributed by atoms with Gasteiger partial charge in [-0.3, -0.25) is 0 Å². The van der Waals surface area contributed by atoms with Crippen molar-refractivity contribution in [1.29, 1.82) is 0 Å². The number of sulfonamides is 1. The molecular formula is C9H9N3O6S. The molecule has 102 valence electrons. The van der Waals surface area contributed by atoms with Crippen molar-refractivity contribution in [2.24, 2.45) is 0 Å². The Hall–Kier alpha value is -2.20. The highest BCUT2D eigenvalue weighted by molar-refractivity contribution is 7.89. The number of furan rings is 1. The summed E-state index contributed by atoms with van der Waals surface area (Å²) in [5.41, 5.74) is 0. The van der Waals surface area contributed by atoms with Crippen molar-refractivity contribution in [3.63, 3.8) is 0 Å². The van der Waals surface area contributed by atoms with E-state index < -0.39 is 26.8 Å². The lowest BCUT2D eigenvalue weighted by atomic mass is 10.4. The van der Waals surface area contributed by atoms with E-state index in [0.29, 0.717) is 5.82 Å². The van der Waals surface area contributed by atoms with E-state index in [2.05, 4.69) is 19.4 Å². The summed E-state index contributed by atoms with van der Waals surface area (Å²) >= 11 is 0. The Bertz CT molecular complexity index is 660. The average Bonchev–Trinajstić information content (AvgIpc) is 2.99. The molecule has 2 rings (SSSR count). The van der Waals surface area contributed by atoms with Crippen LogP contribution in [-0.2, 0) is 16.4 Å². The van der Waals surface area contributed by atoms with Gasteiger partial charge in [0.2, 0.25) is 17.2 Å². The molecule has 2 aromatic heterocycles. The van der Waals surface area contributed by atoms with Gasteiger partial charge in [-0.2, -0.15) is 4.98 Å². The molecule has 19 heavy (non-hydrogen) atoms. The van der Waals surface area contributed by atoms with Crippen LogP contribution in [-0.4, -0.2) is 36.2 Å². The van der Waals surface area contributed by atoms with Gasteiger partial charge in [-0.05, 0) is 12.1 Å². The van der Waals surface area contributed by atoms with Crippen LogP contribution < -0.4 is 4.72 Å². The van der Waals surface area contributed by atoms with E-state index in [9.17, 15) is 13.2 Å². The Labute approximate surface area is 107 Å². The summed E-state index contributed by atoms with van der Waals surface area (Å²) in [6.07, 6.45) is 1.37. The molecule has 0 aliphatic rings. The summed E-state index contributed by atoms with van der Waals surface area (Å²) in [5.74, 6) is -1.43. The van der Waals surface area contributed by atoms with Crippen LogP contribution in [0.1, 0.15) is 16.4 Å². The van der Waals surface area contributed by atoms with Crippen molar-refractivity contribution in [2.75, 3.05) is 6.54 Å². The predicted octanol–water partition coefficient (Wildman–Crippen LogP) is -0.118. The molecule has 0 bridgehead atoms. The molecule has 0 saturated carbocycles. The van der Waals surface area contributed by atoms with Crippen LogP contribution in [0.5, 0.6) is 0 Å². The first-order valence-electron chi connectivity index (χ1n) is 5.07. The number of nitrogens with zero attached hydrogens (tertiary/aromatic N) is 2. The number of hydrogen-bond donors (Lipinski definition) is 2. The monoisotopic (exact) mass is 287 g/mol. The molecule has 0 radical (unpaired) electrons. The molecule has 0 saturated heterocycles. The zero-order chi connectivity index (χ0) is 13.9. The van der Waals surface area contributed by atoms with E-state index in [1.54, 1.807) is 0 Å². The van der Waals surface area contributed by atoms with Crippen LogP contribution in [0.4, 0.5) is 0 Å². The molecule has 0 spiro atoms. The standard InChI is InChI=1S/C9H9N3O6S/c13-9(14)6-1-2-8(18-6)19(15,16)11-4-3-7-10-5-17-12-7/h1-2,5,11H,3-4H2,(H,13,14). The maximum Gasteiger partial charge on any atom is 0.371 e. The van der Waals surface area contributed by atoms with Crippen molar-refractivity contribution in [3.8, 4) is 0 Å². The molecule has 0 aliphatic heterocycles. The second-order valence-electron chi connectivity index (χ2n) is 3.42. The zero-order valence-corrected chi connectivity index (χ0v) is 10.3. The van der Waals surface area contributed by atoms with Gasteiger partial charge >= 0.3 is 5.97 Å². The predicted molar refractivity (Wildman–Crippen MR) is 58.9 cm³/mol. The van der Waals surface area contributed by atoms with Crippen molar-refractivity contribution < 1.29 is 27.3 Å². The maximum atomic E-state index is 11.7. The highest BCUT2D eigenvalue weighted by Crippen LogP contribution is 2.13. The van der Waals surface area contributed by atoms with Crippen molar-refractivity contribution in [2.45, 2.75) is 11.5 Å². The molecule has 10 heteroatoms. The normalized spacial score (nSPS) is 11.6. The lowest BCUT2D eigenvalue weighted by Crippen LogP contribution is -2.25. The van der Waals surface area contributed by atoms with Crippen LogP contribution >= 0.6 is 0 Å². The van der Waals surface area contributed by atoms with E-state index in [-0.39, 0.29) is 13.0 Å². The number of aromatic nitrogens is 2. The van der Waals surface area contributed by atoms with E-state index in [0.717, 1.165) is 18.5 Å². The first-order chi connectivity index (χ1) is 8.99. The number of rotatable bonds is 6. The van der Waals surface area contributed by atoms with Crippen molar-refractivity contribution in [3.05, 3.63) is 30.1 Å². The zero-order valence-electron chi connectivity index (χ0n) is 9.44. The lowest BCUT2D eigenvalue weighted by Gasteiger charge is -2.01. The molecular weight excluding hydrogens is 278 g/mol. The molecule has 0 amide bonds. The van der Waals surface area contributed by atoms with Crippen LogP contribution in [0.25, 0.3) is 0 Å². The van der Waals surface area contributed by atoms with Crippen LogP contribution in [0.15, 0.2) is 32.6 Å². The van der Waals surface area contributed by atoms with Gasteiger partial charge in [-0.15, -0.1) is 0 Å². The first kappa shape index (κ1) is 13.2. The maximum absolute atomic E-state index is 11.7. The van der Waals surface area contributed by atoms with Gasteiger partial charge in [0.1, 0.15) is 0 Å². The summed E-state index contributed by atoms with van der Waals surface area (Å²) in [7, 11) is -3.89. The quantitative estimate of drug-likeness (QED) is 0.750. The molecule has 2 N–H and O–H groups in total. The van der Waals surface area contributed by atoms with Gasteiger partial charge in [-0.1, -0.05) is 5.16 Å². The van der Waals surface area contributed by atoms with Gasteiger partial charge in [0.05, 0.1) is 0 Å². The third kappa shape index (κ3) is 3.17. The number of carboxylic acids is 1. The van der Waals surface area contributed by atoms with E-state index in [4.69, 9.17) is 9.52 Å². The number of aromatic carboxylic acids is 1. The van der Waals surface area contributed by atoms with Crippen molar-refractivity contribution in [1.82, 2.24) is 14.9 Å². The summed E-state index contributed by atoms with van der Waals surface area (Å²) in [5, 5.41) is 11.7. The Morgan fingerprint density at radius 3 is 2.79 bits per heavy atom. The number of hydrogen-bond acceptors (Lipinski definition) is 7. The average molecular weight is 287 g/mol. The summed E-state index contributed by atoms with van der Waals surface area (Å²) < 4.78 is 34.9. The van der Waals surface area contributed by atoms with Crippen LogP contribution in [0, 0.1) is 0 Å². The SMILES string of the molecule is O=C(O)c1ccc(S(=O)(=O)NCCc2ncon2)o1. The fourth-order valence-corrected chi connectivity index (χ4v) is 2.21. The largest absolute Gasteiger partial charge is 0.475 e. The van der Waals surface area contributed by atoms with Gasteiger partial charge < -0.3 is 14.0 Å². The summed E-state index contributed by atoms with van der Waals surface area (Å²) in [6, 6.07) is 2.14. The number of carbonyl (C=O) groups is 1. The molecule has 0 unspecified atom stereocenters. The van der Waals surface area contributed by atoms with E-state index in [1.807, 2.05) is 0 Å². The molecule has 0 aromatic carbocycles. The third-order valence-corrected chi connectivity index (χ3v) is 3.44. The summed E-state index contributed by atoms with van der Waals surface area (Å²) in [6.45, 7) is 0.0327. The Morgan fingerprint density at radius 2 is 2.21 bits per heavy atom. The lowest BCUT2D eigenvalue weighted by molar-refractivity contribution is 0.0656. The van der Waals surface area contributed by atoms with Crippen molar-refractivity contribution >= 4 is 16.0 Å². The molecule has 9 nitrogen and oxygen atoms in total. The fraction of sp³-hybridized carbons (Fsp3) is 0.222. The second kappa shape index (κ2) is 5.20. The van der Waals surface area contributed by atoms with Gasteiger partial charge in [0.15, 0.2) is 5.82 Å². The minimum absolute atomic E-state index is 0.0327. The third-order valence-electron chi connectivity index (χ3n) is 2.10. The Morgan fingerprint density at radius 1 is 1.42 bits per heavy atom. The number of carboxylic acid groups (broad SMARTS) is 1. The first-order valence-corrected chi connectivity index (χ1v) is 6.55. The summed E-state index contributed by atoms with van der Waals surface area (Å²) in [4.78, 5) is 14.3. The highest BCUT2D eigenvalue weighted by Gasteiger charge is 2.20. The Kier molecular flexibility index (Phi) is 3.62. The highest BCUT2D eigenvalue weighted by atomic mass is 32.2. The molecule has 0 fully saturated rings. The minimum Gasteiger partial charge on any atom is -0.475 e. The fourth-order valence-electron chi connectivity index (χ4n) is 1.25. The van der Waals surface area contributed by atoms with Crippen LogP contribution in [0.3, 0.4) is 0 Å². The minimum atomic E-state index is -3.89. The Balaban J connectivity index is 1.99. The molecule has 2 heterocycles. The van der Waals surface area contributed by atoms with Gasteiger partial charge in [0.25, 0.3) is 10.0 Å².